The third kappa shape index (κ3) is 5.71. The zero-order valence-electron chi connectivity index (χ0n) is 27.1. The molecule has 0 bridgehead atoms. The predicted octanol–water partition coefficient (Wildman–Crippen LogP) is 7.93. The first-order chi connectivity index (χ1) is 21.3. The van der Waals surface area contributed by atoms with Crippen LogP contribution in [0.5, 0.6) is 11.5 Å². The molecule has 3 aromatic rings. The lowest BCUT2D eigenvalue weighted by Gasteiger charge is -2.37. The molecule has 5 rings (SSSR count). The molecule has 0 saturated heterocycles. The Morgan fingerprint density at radius 2 is 1.18 bits per heavy atom. The van der Waals surface area contributed by atoms with Crippen molar-refractivity contribution in [3.63, 3.8) is 0 Å². The minimum absolute atomic E-state index is 0.249. The van der Waals surface area contributed by atoms with Crippen LogP contribution in [0.3, 0.4) is 0 Å². The first kappa shape index (κ1) is 32.2. The van der Waals surface area contributed by atoms with Crippen molar-refractivity contribution in [1.29, 1.82) is 0 Å². The van der Waals surface area contributed by atoms with Gasteiger partial charge in [-0.05, 0) is 94.8 Å². The zero-order valence-corrected chi connectivity index (χ0v) is 27.1. The van der Waals surface area contributed by atoms with E-state index >= 15 is 0 Å². The fraction of sp³-hybridized carbons (Fsp3) is 0.417. The maximum absolute atomic E-state index is 13.4. The molecule has 0 unspecified atom stereocenters. The van der Waals surface area contributed by atoms with Crippen LogP contribution in [0.25, 0.3) is 0 Å². The number of carbonyl (C=O) groups excluding carboxylic acids is 3. The van der Waals surface area contributed by atoms with Gasteiger partial charge in [0.2, 0.25) is 0 Å². The molecule has 0 aromatic heterocycles. The molecule has 0 aliphatic carbocycles. The largest absolute Gasteiger partial charge is 0.456 e. The van der Waals surface area contributed by atoms with Gasteiger partial charge in [0.1, 0.15) is 22.7 Å². The SMILES string of the molecule is CCc1cc2c(cc1C(=O)OOC(C)(C)CC)Oc1cc(C(=O)OOC(C)(C)CC)c(CC)cc1C21OC(=O)c2ccccc21. The van der Waals surface area contributed by atoms with Gasteiger partial charge in [-0.1, -0.05) is 45.9 Å². The summed E-state index contributed by atoms with van der Waals surface area (Å²) in [6, 6.07) is 14.0. The lowest BCUT2D eigenvalue weighted by atomic mass is 9.75. The monoisotopic (exact) mass is 616 g/mol. The van der Waals surface area contributed by atoms with E-state index in [0.29, 0.717) is 59.1 Å². The van der Waals surface area contributed by atoms with E-state index in [0.717, 1.165) is 0 Å². The quantitative estimate of drug-likeness (QED) is 0.127. The van der Waals surface area contributed by atoms with Crippen LogP contribution in [-0.2, 0) is 42.7 Å². The van der Waals surface area contributed by atoms with Gasteiger partial charge in [-0.15, -0.1) is 0 Å². The van der Waals surface area contributed by atoms with Crippen LogP contribution < -0.4 is 4.74 Å². The minimum atomic E-state index is -1.39. The molecule has 238 valence electrons. The van der Waals surface area contributed by atoms with Crippen molar-refractivity contribution in [3.05, 3.63) is 93.0 Å². The molecule has 0 fully saturated rings. The normalized spacial score (nSPS) is 14.6. The van der Waals surface area contributed by atoms with Crippen molar-refractivity contribution in [2.45, 2.75) is 97.9 Å². The van der Waals surface area contributed by atoms with E-state index in [2.05, 4.69) is 0 Å². The molecule has 3 aromatic carbocycles. The van der Waals surface area contributed by atoms with Gasteiger partial charge in [0.25, 0.3) is 0 Å². The summed E-state index contributed by atoms with van der Waals surface area (Å²) in [4.78, 5) is 61.5. The molecule has 2 aliphatic rings. The van der Waals surface area contributed by atoms with Crippen molar-refractivity contribution >= 4 is 17.9 Å². The molecule has 2 aliphatic heterocycles. The Labute approximate surface area is 263 Å². The number of carbonyl (C=O) groups is 3. The highest BCUT2D eigenvalue weighted by molar-refractivity contribution is 5.98. The van der Waals surface area contributed by atoms with Gasteiger partial charge < -0.3 is 9.47 Å². The Morgan fingerprint density at radius 3 is 1.62 bits per heavy atom. The van der Waals surface area contributed by atoms with Crippen LogP contribution in [0.15, 0.2) is 48.5 Å². The standard InChI is InChI=1S/C36H40O9/c1-9-21-17-27-29(19-24(21)32(38)42-44-34(5,6)11-3)40-30-20-25(33(39)43-45-35(7,8)12-4)22(10-2)18-28(30)36(27)26-16-14-13-15-23(26)31(37)41-36/h13-20H,9-12H2,1-8H3. The predicted molar refractivity (Wildman–Crippen MR) is 165 cm³/mol. The number of hydrogen-bond acceptors (Lipinski definition) is 9. The van der Waals surface area contributed by atoms with E-state index in [1.54, 1.807) is 24.3 Å². The molecular weight excluding hydrogens is 576 g/mol. The first-order valence-electron chi connectivity index (χ1n) is 15.5. The molecule has 1 spiro atoms. The number of fused-ring (bicyclic) bond motifs is 6. The number of benzene rings is 3. The van der Waals surface area contributed by atoms with Crippen molar-refractivity contribution in [1.82, 2.24) is 0 Å². The molecule has 9 nitrogen and oxygen atoms in total. The maximum atomic E-state index is 13.4. The minimum Gasteiger partial charge on any atom is -0.456 e. The fourth-order valence-electron chi connectivity index (χ4n) is 5.32. The van der Waals surface area contributed by atoms with E-state index < -0.39 is 34.7 Å². The zero-order chi connectivity index (χ0) is 32.7. The molecule has 9 heteroatoms. The Morgan fingerprint density at radius 1 is 0.711 bits per heavy atom. The van der Waals surface area contributed by atoms with Crippen molar-refractivity contribution in [2.24, 2.45) is 0 Å². The van der Waals surface area contributed by atoms with Crippen LogP contribution in [0.2, 0.25) is 0 Å². The van der Waals surface area contributed by atoms with Crippen molar-refractivity contribution in [3.8, 4) is 11.5 Å². The van der Waals surface area contributed by atoms with E-state index in [1.165, 1.54) is 0 Å². The number of rotatable bonds is 10. The first-order valence-corrected chi connectivity index (χ1v) is 15.5. The number of hydrogen-bond donors (Lipinski definition) is 0. The maximum Gasteiger partial charge on any atom is 0.373 e. The summed E-state index contributed by atoms with van der Waals surface area (Å²) in [5, 5.41) is 0. The highest BCUT2D eigenvalue weighted by Gasteiger charge is 2.54. The second-order valence-electron chi connectivity index (χ2n) is 12.6. The molecule has 0 saturated carbocycles. The van der Waals surface area contributed by atoms with Crippen LogP contribution in [0, 0.1) is 0 Å². The number of ether oxygens (including phenoxy) is 2. The van der Waals surface area contributed by atoms with Crippen LogP contribution in [0.1, 0.15) is 127 Å². The average Bonchev–Trinajstić information content (AvgIpc) is 3.34. The van der Waals surface area contributed by atoms with E-state index in [-0.39, 0.29) is 22.6 Å². The Hall–Kier alpha value is -4.21. The smallest absolute Gasteiger partial charge is 0.373 e. The van der Waals surface area contributed by atoms with Gasteiger partial charge in [0, 0.05) is 16.7 Å². The second kappa shape index (κ2) is 11.9. The molecule has 0 N–H and O–H groups in total. The van der Waals surface area contributed by atoms with Gasteiger partial charge in [-0.2, -0.15) is 9.78 Å². The Kier molecular flexibility index (Phi) is 8.55. The summed E-state index contributed by atoms with van der Waals surface area (Å²) in [5.41, 5.74) is 1.26. The second-order valence-corrected chi connectivity index (χ2v) is 12.6. The highest BCUT2D eigenvalue weighted by Crippen LogP contribution is 2.57. The number of aryl methyl sites for hydroxylation is 2. The van der Waals surface area contributed by atoms with Gasteiger partial charge in [0.15, 0.2) is 5.60 Å². The summed E-state index contributed by atoms with van der Waals surface area (Å²) in [7, 11) is 0. The van der Waals surface area contributed by atoms with Crippen LogP contribution in [-0.4, -0.2) is 29.1 Å². The molecule has 2 heterocycles. The van der Waals surface area contributed by atoms with E-state index in [9.17, 15) is 14.4 Å². The van der Waals surface area contributed by atoms with Gasteiger partial charge >= 0.3 is 17.9 Å². The average molecular weight is 617 g/mol. The van der Waals surface area contributed by atoms with E-state index in [1.807, 2.05) is 79.7 Å². The lowest BCUT2D eigenvalue weighted by Crippen LogP contribution is -2.34. The fourth-order valence-corrected chi connectivity index (χ4v) is 5.32. The Balaban J connectivity index is 1.69. The summed E-state index contributed by atoms with van der Waals surface area (Å²) < 4.78 is 12.8. The van der Waals surface area contributed by atoms with Crippen molar-refractivity contribution in [2.75, 3.05) is 0 Å². The van der Waals surface area contributed by atoms with E-state index in [4.69, 9.17) is 29.0 Å². The van der Waals surface area contributed by atoms with Crippen LogP contribution >= 0.6 is 0 Å². The lowest BCUT2D eigenvalue weighted by molar-refractivity contribution is -0.307. The number of esters is 1. The third-order valence-electron chi connectivity index (χ3n) is 8.75. The summed E-state index contributed by atoms with van der Waals surface area (Å²) >= 11 is 0. The highest BCUT2D eigenvalue weighted by atomic mass is 17.2. The van der Waals surface area contributed by atoms with Crippen molar-refractivity contribution < 1.29 is 43.4 Å². The molecule has 0 atom stereocenters. The van der Waals surface area contributed by atoms with Gasteiger partial charge in [0.05, 0.1) is 16.7 Å². The topological polar surface area (TPSA) is 107 Å². The third-order valence-corrected chi connectivity index (χ3v) is 8.75. The van der Waals surface area contributed by atoms with Gasteiger partial charge in [-0.25, -0.2) is 14.4 Å². The van der Waals surface area contributed by atoms with Gasteiger partial charge in [-0.3, -0.25) is 9.78 Å². The summed E-state index contributed by atoms with van der Waals surface area (Å²) in [6.07, 6.45) is 2.21. The summed E-state index contributed by atoms with van der Waals surface area (Å²) in [5.74, 6) is -1.29. The molecule has 0 radical (unpaired) electrons. The summed E-state index contributed by atoms with van der Waals surface area (Å²) in [6.45, 7) is 15.0. The molecular formula is C36H40O9. The Bertz CT molecular complexity index is 1580. The molecule has 45 heavy (non-hydrogen) atoms. The van der Waals surface area contributed by atoms with Crippen LogP contribution in [0.4, 0.5) is 0 Å². The molecule has 0 amide bonds.